The van der Waals surface area contributed by atoms with E-state index in [-0.39, 0.29) is 11.3 Å². The standard InChI is InChI=1S/C17H15N3O3/c21-16-6-4-11(8-13-5-7-17(22)19-18-13)9-15(16)12-2-1-3-14(10-12)20-23/h1-7,9-10,20-21,23H,8H2,(H,19,22). The molecule has 0 aliphatic heterocycles. The van der Waals surface area contributed by atoms with Crippen LogP contribution in [-0.2, 0) is 6.42 Å². The van der Waals surface area contributed by atoms with E-state index in [0.29, 0.717) is 17.7 Å². The van der Waals surface area contributed by atoms with Crippen molar-refractivity contribution in [2.75, 3.05) is 5.48 Å². The highest BCUT2D eigenvalue weighted by atomic mass is 16.5. The molecule has 6 nitrogen and oxygen atoms in total. The van der Waals surface area contributed by atoms with Crippen molar-refractivity contribution in [1.29, 1.82) is 0 Å². The molecule has 0 fully saturated rings. The molecule has 6 heteroatoms. The van der Waals surface area contributed by atoms with Crippen molar-refractivity contribution < 1.29 is 10.3 Å². The Bertz CT molecular complexity index is 870. The molecule has 0 aliphatic carbocycles. The molecular formula is C17H15N3O3. The predicted molar refractivity (Wildman–Crippen MR) is 86.6 cm³/mol. The zero-order chi connectivity index (χ0) is 16.2. The average molecular weight is 309 g/mol. The van der Waals surface area contributed by atoms with E-state index >= 15 is 0 Å². The number of phenols is 1. The van der Waals surface area contributed by atoms with Gasteiger partial charge in [-0.2, -0.15) is 5.10 Å². The first-order valence-corrected chi connectivity index (χ1v) is 7.03. The summed E-state index contributed by atoms with van der Waals surface area (Å²) >= 11 is 0. The number of benzene rings is 2. The summed E-state index contributed by atoms with van der Waals surface area (Å²) in [5, 5.41) is 25.5. The minimum absolute atomic E-state index is 0.151. The second kappa shape index (κ2) is 6.33. The van der Waals surface area contributed by atoms with Crippen LogP contribution in [0.5, 0.6) is 5.75 Å². The fourth-order valence-electron chi connectivity index (χ4n) is 2.36. The second-order valence-corrected chi connectivity index (χ2v) is 5.13. The Balaban J connectivity index is 1.95. The van der Waals surface area contributed by atoms with Crippen LogP contribution in [-0.4, -0.2) is 20.5 Å². The second-order valence-electron chi connectivity index (χ2n) is 5.13. The molecule has 0 amide bonds. The van der Waals surface area contributed by atoms with Gasteiger partial charge in [0.1, 0.15) is 5.75 Å². The molecule has 0 atom stereocenters. The van der Waals surface area contributed by atoms with Gasteiger partial charge in [0.05, 0.1) is 11.4 Å². The van der Waals surface area contributed by atoms with Gasteiger partial charge in [-0.3, -0.25) is 15.5 Å². The monoisotopic (exact) mass is 309 g/mol. The van der Waals surface area contributed by atoms with Crippen molar-refractivity contribution in [3.63, 3.8) is 0 Å². The molecule has 0 bridgehead atoms. The number of hydrogen-bond acceptors (Lipinski definition) is 5. The zero-order valence-electron chi connectivity index (χ0n) is 12.2. The Kier molecular flexibility index (Phi) is 4.07. The number of nitrogens with zero attached hydrogens (tertiary/aromatic N) is 1. The summed E-state index contributed by atoms with van der Waals surface area (Å²) < 4.78 is 0. The lowest BCUT2D eigenvalue weighted by Crippen LogP contribution is -2.07. The Morgan fingerprint density at radius 2 is 1.96 bits per heavy atom. The number of H-pyrrole nitrogens is 1. The molecule has 23 heavy (non-hydrogen) atoms. The SMILES string of the molecule is O=c1ccc(Cc2ccc(O)c(-c3cccc(NO)c3)c2)n[nH]1. The van der Waals surface area contributed by atoms with Crippen LogP contribution in [0.15, 0.2) is 59.4 Å². The lowest BCUT2D eigenvalue weighted by atomic mass is 9.99. The highest BCUT2D eigenvalue weighted by Gasteiger charge is 2.08. The number of aromatic amines is 1. The van der Waals surface area contributed by atoms with Gasteiger partial charge in [0.2, 0.25) is 0 Å². The van der Waals surface area contributed by atoms with Crippen molar-refractivity contribution >= 4 is 5.69 Å². The van der Waals surface area contributed by atoms with Crippen LogP contribution in [0.25, 0.3) is 11.1 Å². The van der Waals surface area contributed by atoms with E-state index in [4.69, 9.17) is 5.21 Å². The molecule has 0 spiro atoms. The molecule has 2 aromatic carbocycles. The molecule has 0 saturated heterocycles. The molecular weight excluding hydrogens is 294 g/mol. The quantitative estimate of drug-likeness (QED) is 0.555. The summed E-state index contributed by atoms with van der Waals surface area (Å²) in [6.07, 6.45) is 0.530. The van der Waals surface area contributed by atoms with Crippen molar-refractivity contribution in [2.24, 2.45) is 0 Å². The highest BCUT2D eigenvalue weighted by molar-refractivity contribution is 5.73. The molecule has 3 rings (SSSR count). The van der Waals surface area contributed by atoms with E-state index in [1.165, 1.54) is 6.07 Å². The van der Waals surface area contributed by atoms with Gasteiger partial charge in [0.15, 0.2) is 0 Å². The summed E-state index contributed by atoms with van der Waals surface area (Å²) in [4.78, 5) is 11.0. The number of rotatable bonds is 4. The largest absolute Gasteiger partial charge is 0.507 e. The first-order chi connectivity index (χ1) is 11.2. The minimum atomic E-state index is -0.242. The predicted octanol–water partition coefficient (Wildman–Crippen LogP) is 2.53. The summed E-state index contributed by atoms with van der Waals surface area (Å²) in [6, 6.07) is 15.5. The maximum atomic E-state index is 11.0. The third-order valence-corrected chi connectivity index (χ3v) is 3.49. The molecule has 4 N–H and O–H groups in total. The van der Waals surface area contributed by atoms with Crippen molar-refractivity contribution in [1.82, 2.24) is 10.2 Å². The van der Waals surface area contributed by atoms with Gasteiger partial charge in [-0.1, -0.05) is 18.2 Å². The molecule has 0 radical (unpaired) electrons. The van der Waals surface area contributed by atoms with Crippen LogP contribution in [0.4, 0.5) is 5.69 Å². The fourth-order valence-corrected chi connectivity index (χ4v) is 2.36. The van der Waals surface area contributed by atoms with Crippen LogP contribution in [0.3, 0.4) is 0 Å². The number of hydrogen-bond donors (Lipinski definition) is 4. The highest BCUT2D eigenvalue weighted by Crippen LogP contribution is 2.31. The third-order valence-electron chi connectivity index (χ3n) is 3.49. The number of phenolic OH excluding ortho intramolecular Hbond substituents is 1. The van der Waals surface area contributed by atoms with Gasteiger partial charge < -0.3 is 5.11 Å². The number of aromatic hydroxyl groups is 1. The lowest BCUT2D eigenvalue weighted by Gasteiger charge is -2.09. The van der Waals surface area contributed by atoms with Crippen molar-refractivity contribution in [3.8, 4) is 16.9 Å². The van der Waals surface area contributed by atoms with Crippen LogP contribution in [0, 0.1) is 0 Å². The molecule has 1 heterocycles. The topological polar surface area (TPSA) is 98.2 Å². The van der Waals surface area contributed by atoms with Crippen LogP contribution >= 0.6 is 0 Å². The van der Waals surface area contributed by atoms with Gasteiger partial charge in [-0.15, -0.1) is 0 Å². The minimum Gasteiger partial charge on any atom is -0.507 e. The summed E-state index contributed by atoms with van der Waals surface area (Å²) in [7, 11) is 0. The molecule has 116 valence electrons. The molecule has 0 aliphatic rings. The van der Waals surface area contributed by atoms with Gasteiger partial charge in [-0.05, 0) is 41.5 Å². The Labute approximate surface area is 132 Å². The van der Waals surface area contributed by atoms with E-state index in [0.717, 1.165) is 16.8 Å². The fraction of sp³-hybridized carbons (Fsp3) is 0.0588. The number of nitrogens with one attached hydrogen (secondary N) is 2. The molecule has 3 aromatic rings. The van der Waals surface area contributed by atoms with E-state index in [1.54, 1.807) is 36.4 Å². The van der Waals surface area contributed by atoms with Gasteiger partial charge in [-0.25, -0.2) is 5.10 Å². The van der Waals surface area contributed by atoms with Crippen molar-refractivity contribution in [3.05, 3.63) is 76.2 Å². The van der Waals surface area contributed by atoms with Crippen molar-refractivity contribution in [2.45, 2.75) is 6.42 Å². The number of aromatic nitrogens is 2. The maximum Gasteiger partial charge on any atom is 0.264 e. The molecule has 0 saturated carbocycles. The Morgan fingerprint density at radius 1 is 1.09 bits per heavy atom. The van der Waals surface area contributed by atoms with Gasteiger partial charge >= 0.3 is 0 Å². The Morgan fingerprint density at radius 3 is 2.70 bits per heavy atom. The zero-order valence-corrected chi connectivity index (χ0v) is 12.2. The summed E-state index contributed by atoms with van der Waals surface area (Å²) in [5.41, 5.74) is 5.49. The summed E-state index contributed by atoms with van der Waals surface area (Å²) in [6.45, 7) is 0. The van der Waals surface area contributed by atoms with E-state index in [2.05, 4.69) is 15.7 Å². The normalized spacial score (nSPS) is 10.5. The Hall–Kier alpha value is -3.12. The molecule has 0 unspecified atom stereocenters. The van der Waals surface area contributed by atoms with Gasteiger partial charge in [0.25, 0.3) is 5.56 Å². The van der Waals surface area contributed by atoms with Gasteiger partial charge in [0, 0.05) is 18.1 Å². The van der Waals surface area contributed by atoms with E-state index < -0.39 is 0 Å². The first-order valence-electron chi connectivity index (χ1n) is 7.03. The third kappa shape index (κ3) is 3.38. The first kappa shape index (κ1) is 14.8. The summed E-state index contributed by atoms with van der Waals surface area (Å²) in [5.74, 6) is 0.151. The van der Waals surface area contributed by atoms with Crippen LogP contribution in [0.2, 0.25) is 0 Å². The van der Waals surface area contributed by atoms with E-state index in [1.807, 2.05) is 12.1 Å². The number of anilines is 1. The van der Waals surface area contributed by atoms with Crippen LogP contribution < -0.4 is 11.0 Å². The van der Waals surface area contributed by atoms with E-state index in [9.17, 15) is 9.90 Å². The molecule has 1 aromatic heterocycles. The smallest absolute Gasteiger partial charge is 0.264 e. The average Bonchev–Trinajstić information content (AvgIpc) is 2.58. The van der Waals surface area contributed by atoms with Crippen LogP contribution in [0.1, 0.15) is 11.3 Å². The lowest BCUT2D eigenvalue weighted by molar-refractivity contribution is 0.389. The maximum absolute atomic E-state index is 11.0.